The fourth-order valence-corrected chi connectivity index (χ4v) is 2.36. The first kappa shape index (κ1) is 11.8. The average Bonchev–Trinajstić information content (AvgIpc) is 2.88. The molecule has 2 rings (SSSR count). The monoisotopic (exact) mass is 250 g/mol. The van der Waals surface area contributed by atoms with Crippen molar-refractivity contribution in [3.8, 4) is 0 Å². The Balaban J connectivity index is 1.87. The van der Waals surface area contributed by atoms with Gasteiger partial charge in [0.25, 0.3) is 5.91 Å². The maximum absolute atomic E-state index is 11.8. The number of imidazole rings is 1. The molecule has 6 heteroatoms. The zero-order valence-corrected chi connectivity index (χ0v) is 10.6. The Kier molecular flexibility index (Phi) is 3.53. The molecule has 0 spiro atoms. The minimum atomic E-state index is -0.105. The molecule has 2 heterocycles. The molecule has 90 valence electrons. The highest BCUT2D eigenvalue weighted by Gasteiger charge is 2.12. The van der Waals surface area contributed by atoms with Crippen molar-refractivity contribution in [1.82, 2.24) is 19.9 Å². The van der Waals surface area contributed by atoms with Gasteiger partial charge in [-0.15, -0.1) is 11.3 Å². The second-order valence-electron chi connectivity index (χ2n) is 3.69. The van der Waals surface area contributed by atoms with Gasteiger partial charge in [0.2, 0.25) is 0 Å². The number of rotatable bonds is 4. The summed E-state index contributed by atoms with van der Waals surface area (Å²) in [6.07, 6.45) is 5.31. The number of hydrogen-bond acceptors (Lipinski definition) is 4. The largest absolute Gasteiger partial charge is 0.349 e. The summed E-state index contributed by atoms with van der Waals surface area (Å²) in [6, 6.07) is 0. The third kappa shape index (κ3) is 2.91. The number of nitrogens with zero attached hydrogens (tertiary/aromatic N) is 3. The Bertz CT molecular complexity index is 504. The summed E-state index contributed by atoms with van der Waals surface area (Å²) in [5, 5.41) is 3.77. The van der Waals surface area contributed by atoms with Gasteiger partial charge in [-0.25, -0.2) is 9.97 Å². The van der Waals surface area contributed by atoms with E-state index in [1.165, 1.54) is 0 Å². The van der Waals surface area contributed by atoms with Crippen LogP contribution in [-0.4, -0.2) is 27.0 Å². The number of thiazole rings is 1. The van der Waals surface area contributed by atoms with E-state index in [1.807, 2.05) is 24.6 Å². The fourth-order valence-electron chi connectivity index (χ4n) is 1.54. The summed E-state index contributed by atoms with van der Waals surface area (Å²) in [4.78, 5) is 20.9. The molecular weight excluding hydrogens is 236 g/mol. The van der Waals surface area contributed by atoms with Crippen molar-refractivity contribution in [2.75, 3.05) is 6.54 Å². The molecule has 5 nitrogen and oxygen atoms in total. The van der Waals surface area contributed by atoms with Crippen LogP contribution in [0, 0.1) is 13.8 Å². The Hall–Kier alpha value is -1.69. The predicted molar refractivity (Wildman–Crippen MR) is 66.1 cm³/mol. The van der Waals surface area contributed by atoms with Crippen LogP contribution in [0.5, 0.6) is 0 Å². The molecule has 0 saturated carbocycles. The number of aromatic nitrogens is 3. The van der Waals surface area contributed by atoms with Crippen molar-refractivity contribution in [2.24, 2.45) is 0 Å². The van der Waals surface area contributed by atoms with E-state index in [4.69, 9.17) is 0 Å². The first-order chi connectivity index (χ1) is 8.16. The van der Waals surface area contributed by atoms with Gasteiger partial charge in [0.15, 0.2) is 0 Å². The number of nitrogens with one attached hydrogen (secondary N) is 1. The highest BCUT2D eigenvalue weighted by Crippen LogP contribution is 2.15. The van der Waals surface area contributed by atoms with E-state index in [1.54, 1.807) is 23.9 Å². The van der Waals surface area contributed by atoms with E-state index in [0.29, 0.717) is 18.8 Å². The van der Waals surface area contributed by atoms with Gasteiger partial charge < -0.3 is 9.88 Å². The first-order valence-electron chi connectivity index (χ1n) is 5.35. The molecule has 0 atom stereocenters. The number of carbonyl (C=O) groups is 1. The van der Waals surface area contributed by atoms with Crippen molar-refractivity contribution in [2.45, 2.75) is 20.4 Å². The highest BCUT2D eigenvalue weighted by molar-refractivity contribution is 7.11. The Labute approximate surface area is 104 Å². The number of amides is 1. The molecule has 0 unspecified atom stereocenters. The minimum absolute atomic E-state index is 0.105. The molecule has 0 fully saturated rings. The standard InChI is InChI=1S/C11H14N4OS/c1-8-10(14-9(2)17-8)11(16)13-4-6-15-5-3-12-7-15/h3,5,7H,4,6H2,1-2H3,(H,13,16). The van der Waals surface area contributed by atoms with Crippen LogP contribution in [0.4, 0.5) is 0 Å². The summed E-state index contributed by atoms with van der Waals surface area (Å²) in [6.45, 7) is 5.11. The molecule has 0 saturated heterocycles. The lowest BCUT2D eigenvalue weighted by Crippen LogP contribution is -2.27. The molecule has 1 N–H and O–H groups in total. The zero-order valence-electron chi connectivity index (χ0n) is 9.80. The van der Waals surface area contributed by atoms with Crippen LogP contribution in [-0.2, 0) is 6.54 Å². The number of aryl methyl sites for hydroxylation is 2. The van der Waals surface area contributed by atoms with Gasteiger partial charge in [-0.1, -0.05) is 0 Å². The van der Waals surface area contributed by atoms with Gasteiger partial charge in [-0.05, 0) is 13.8 Å². The molecular formula is C11H14N4OS. The van der Waals surface area contributed by atoms with Gasteiger partial charge in [-0.3, -0.25) is 4.79 Å². The third-order valence-electron chi connectivity index (χ3n) is 2.33. The van der Waals surface area contributed by atoms with E-state index in [9.17, 15) is 4.79 Å². The van der Waals surface area contributed by atoms with Crippen LogP contribution in [0.1, 0.15) is 20.4 Å². The fraction of sp³-hybridized carbons (Fsp3) is 0.364. The highest BCUT2D eigenvalue weighted by atomic mass is 32.1. The minimum Gasteiger partial charge on any atom is -0.349 e. The van der Waals surface area contributed by atoms with Crippen LogP contribution in [0.25, 0.3) is 0 Å². The van der Waals surface area contributed by atoms with Crippen molar-refractivity contribution >= 4 is 17.2 Å². The van der Waals surface area contributed by atoms with Crippen molar-refractivity contribution in [1.29, 1.82) is 0 Å². The van der Waals surface area contributed by atoms with E-state index in [-0.39, 0.29) is 5.91 Å². The Morgan fingerprint density at radius 1 is 1.53 bits per heavy atom. The topological polar surface area (TPSA) is 59.8 Å². The van der Waals surface area contributed by atoms with Crippen LogP contribution < -0.4 is 5.32 Å². The second-order valence-corrected chi connectivity index (χ2v) is 5.10. The maximum atomic E-state index is 11.8. The van der Waals surface area contributed by atoms with Gasteiger partial charge in [0.1, 0.15) is 5.69 Å². The molecule has 2 aromatic rings. The first-order valence-corrected chi connectivity index (χ1v) is 6.16. The average molecular weight is 250 g/mol. The normalized spacial score (nSPS) is 10.5. The van der Waals surface area contributed by atoms with E-state index < -0.39 is 0 Å². The van der Waals surface area contributed by atoms with Crippen molar-refractivity contribution < 1.29 is 4.79 Å². The van der Waals surface area contributed by atoms with Crippen molar-refractivity contribution in [3.63, 3.8) is 0 Å². The lowest BCUT2D eigenvalue weighted by molar-refractivity contribution is 0.0947. The smallest absolute Gasteiger partial charge is 0.271 e. The quantitative estimate of drug-likeness (QED) is 0.892. The maximum Gasteiger partial charge on any atom is 0.271 e. The van der Waals surface area contributed by atoms with E-state index in [0.717, 1.165) is 9.88 Å². The molecule has 0 aromatic carbocycles. The van der Waals surface area contributed by atoms with Crippen LogP contribution >= 0.6 is 11.3 Å². The molecule has 0 aliphatic heterocycles. The Morgan fingerprint density at radius 2 is 2.35 bits per heavy atom. The van der Waals surface area contributed by atoms with E-state index in [2.05, 4.69) is 15.3 Å². The van der Waals surface area contributed by atoms with Crippen LogP contribution in [0.3, 0.4) is 0 Å². The van der Waals surface area contributed by atoms with Crippen LogP contribution in [0.15, 0.2) is 18.7 Å². The lowest BCUT2D eigenvalue weighted by Gasteiger charge is -2.04. The zero-order chi connectivity index (χ0) is 12.3. The second kappa shape index (κ2) is 5.09. The van der Waals surface area contributed by atoms with Crippen molar-refractivity contribution in [3.05, 3.63) is 34.3 Å². The summed E-state index contributed by atoms with van der Waals surface area (Å²) in [5.41, 5.74) is 0.540. The van der Waals surface area contributed by atoms with Gasteiger partial charge >= 0.3 is 0 Å². The third-order valence-corrected chi connectivity index (χ3v) is 3.22. The molecule has 1 amide bonds. The summed E-state index contributed by atoms with van der Waals surface area (Å²) in [7, 11) is 0. The number of hydrogen-bond donors (Lipinski definition) is 1. The summed E-state index contributed by atoms with van der Waals surface area (Å²) >= 11 is 1.54. The molecule has 2 aromatic heterocycles. The predicted octanol–water partition coefficient (Wildman–Crippen LogP) is 1.39. The molecule has 0 aliphatic rings. The van der Waals surface area contributed by atoms with E-state index >= 15 is 0 Å². The molecule has 17 heavy (non-hydrogen) atoms. The Morgan fingerprint density at radius 3 is 2.94 bits per heavy atom. The lowest BCUT2D eigenvalue weighted by atomic mass is 10.3. The SMILES string of the molecule is Cc1nc(C(=O)NCCn2ccnc2)c(C)s1. The van der Waals surface area contributed by atoms with Gasteiger partial charge in [-0.2, -0.15) is 0 Å². The molecule has 0 radical (unpaired) electrons. The molecule has 0 bridgehead atoms. The molecule has 0 aliphatic carbocycles. The summed E-state index contributed by atoms with van der Waals surface area (Å²) < 4.78 is 1.92. The summed E-state index contributed by atoms with van der Waals surface area (Å²) in [5.74, 6) is -0.105. The van der Waals surface area contributed by atoms with Gasteiger partial charge in [0.05, 0.1) is 11.3 Å². The van der Waals surface area contributed by atoms with Gasteiger partial charge in [0, 0.05) is 30.4 Å². The van der Waals surface area contributed by atoms with Crippen LogP contribution in [0.2, 0.25) is 0 Å². The number of carbonyl (C=O) groups excluding carboxylic acids is 1.